The molecule has 0 aromatic carbocycles. The summed E-state index contributed by atoms with van der Waals surface area (Å²) in [4.78, 5) is 4.12. The summed E-state index contributed by atoms with van der Waals surface area (Å²) < 4.78 is 2.03. The van der Waals surface area contributed by atoms with Crippen LogP contribution < -0.4 is 0 Å². The van der Waals surface area contributed by atoms with Gasteiger partial charge in [0.25, 0.3) is 0 Å². The molecule has 2 heterocycles. The summed E-state index contributed by atoms with van der Waals surface area (Å²) in [6.45, 7) is 0. The van der Waals surface area contributed by atoms with Gasteiger partial charge < -0.3 is 0 Å². The molecule has 0 saturated heterocycles. The lowest BCUT2D eigenvalue weighted by Gasteiger charge is -2.55. The molecule has 6 rings (SSSR count). The van der Waals surface area contributed by atoms with Gasteiger partial charge in [0.15, 0.2) is 5.65 Å². The molecule has 5 heteroatoms. The maximum absolute atomic E-state index is 6.36. The first-order valence-electron chi connectivity index (χ1n) is 7.59. The van der Waals surface area contributed by atoms with Crippen molar-refractivity contribution in [1.82, 2.24) is 19.6 Å². The van der Waals surface area contributed by atoms with Crippen molar-refractivity contribution in [2.24, 2.45) is 17.8 Å². The van der Waals surface area contributed by atoms with Crippen molar-refractivity contribution in [3.63, 3.8) is 0 Å². The van der Waals surface area contributed by atoms with Gasteiger partial charge >= 0.3 is 0 Å². The van der Waals surface area contributed by atoms with Crippen LogP contribution in [0.4, 0.5) is 0 Å². The highest BCUT2D eigenvalue weighted by atomic mass is 35.5. The molecule has 0 atom stereocenters. The fourth-order valence-electron chi connectivity index (χ4n) is 5.54. The molecule has 2 aromatic heterocycles. The van der Waals surface area contributed by atoms with E-state index in [1.54, 1.807) is 12.4 Å². The topological polar surface area (TPSA) is 43.1 Å². The average molecular weight is 289 g/mol. The van der Waals surface area contributed by atoms with Crippen LogP contribution in [0.1, 0.15) is 44.3 Å². The van der Waals surface area contributed by atoms with E-state index in [2.05, 4.69) is 15.2 Å². The lowest BCUT2D eigenvalue weighted by molar-refractivity contribution is -0.00983. The zero-order valence-electron chi connectivity index (χ0n) is 11.3. The molecule has 104 valence electrons. The van der Waals surface area contributed by atoms with Crippen molar-refractivity contribution in [3.8, 4) is 0 Å². The van der Waals surface area contributed by atoms with E-state index in [1.807, 2.05) is 4.40 Å². The van der Waals surface area contributed by atoms with Gasteiger partial charge in [0.2, 0.25) is 0 Å². The fraction of sp³-hybridized carbons (Fsp3) is 0.667. The fourth-order valence-corrected chi connectivity index (χ4v) is 5.76. The molecular weight excluding hydrogens is 272 g/mol. The van der Waals surface area contributed by atoms with E-state index in [0.717, 1.165) is 29.2 Å². The predicted molar refractivity (Wildman–Crippen MR) is 75.6 cm³/mol. The Morgan fingerprint density at radius 3 is 2.30 bits per heavy atom. The van der Waals surface area contributed by atoms with Gasteiger partial charge in [-0.2, -0.15) is 0 Å². The van der Waals surface area contributed by atoms with E-state index in [4.69, 9.17) is 11.6 Å². The maximum atomic E-state index is 6.36. The summed E-state index contributed by atoms with van der Waals surface area (Å²) >= 11 is 6.36. The van der Waals surface area contributed by atoms with Gasteiger partial charge in [-0.1, -0.05) is 11.6 Å². The van der Waals surface area contributed by atoms with Gasteiger partial charge in [-0.3, -0.25) is 9.38 Å². The third-order valence-corrected chi connectivity index (χ3v) is 6.05. The third-order valence-electron chi connectivity index (χ3n) is 5.79. The molecule has 0 aliphatic heterocycles. The number of fused-ring (bicyclic) bond motifs is 1. The molecule has 0 amide bonds. The SMILES string of the molecule is Clc1cncc2nnc(C34CC5CC(CC(C5)C3)C4)n12. The standard InChI is InChI=1S/C15H17ClN4/c16-12-7-17-8-13-18-19-14(20(12)13)15-4-9-1-10(5-15)3-11(2-9)6-15/h7-11H,1-6H2. The Labute approximate surface area is 122 Å². The quantitative estimate of drug-likeness (QED) is 0.809. The first-order chi connectivity index (χ1) is 9.73. The molecule has 4 fully saturated rings. The minimum Gasteiger partial charge on any atom is -0.266 e. The summed E-state index contributed by atoms with van der Waals surface area (Å²) in [5.41, 5.74) is 1.00. The van der Waals surface area contributed by atoms with Crippen molar-refractivity contribution in [3.05, 3.63) is 23.4 Å². The molecule has 20 heavy (non-hydrogen) atoms. The van der Waals surface area contributed by atoms with Gasteiger partial charge in [-0.25, -0.2) is 0 Å². The van der Waals surface area contributed by atoms with E-state index in [9.17, 15) is 0 Å². The van der Waals surface area contributed by atoms with Gasteiger partial charge in [-0.15, -0.1) is 10.2 Å². The number of nitrogens with zero attached hydrogens (tertiary/aromatic N) is 4. The minimum absolute atomic E-state index is 0.221. The van der Waals surface area contributed by atoms with Crippen molar-refractivity contribution in [1.29, 1.82) is 0 Å². The Morgan fingerprint density at radius 1 is 1.00 bits per heavy atom. The van der Waals surface area contributed by atoms with Crippen LogP contribution in [-0.2, 0) is 5.41 Å². The van der Waals surface area contributed by atoms with Crippen LogP contribution in [-0.4, -0.2) is 19.6 Å². The van der Waals surface area contributed by atoms with Crippen LogP contribution in [0.15, 0.2) is 12.4 Å². The van der Waals surface area contributed by atoms with Crippen molar-refractivity contribution in [2.45, 2.75) is 43.9 Å². The van der Waals surface area contributed by atoms with E-state index in [1.165, 1.54) is 38.5 Å². The lowest BCUT2D eigenvalue weighted by Crippen LogP contribution is -2.49. The molecule has 4 bridgehead atoms. The number of halogens is 1. The van der Waals surface area contributed by atoms with Crippen LogP contribution in [0.25, 0.3) is 5.65 Å². The van der Waals surface area contributed by atoms with Crippen molar-refractivity contribution < 1.29 is 0 Å². The molecule has 0 unspecified atom stereocenters. The highest BCUT2D eigenvalue weighted by Crippen LogP contribution is 2.60. The first kappa shape index (κ1) is 11.5. The summed E-state index contributed by atoms with van der Waals surface area (Å²) in [6, 6.07) is 0. The molecule has 4 aliphatic carbocycles. The molecule has 2 aromatic rings. The zero-order chi connectivity index (χ0) is 13.3. The summed E-state index contributed by atoms with van der Waals surface area (Å²) in [5, 5.41) is 9.47. The van der Waals surface area contributed by atoms with Gasteiger partial charge in [-0.05, 0) is 56.3 Å². The largest absolute Gasteiger partial charge is 0.266 e. The van der Waals surface area contributed by atoms with Crippen LogP contribution >= 0.6 is 11.6 Å². The highest BCUT2D eigenvalue weighted by molar-refractivity contribution is 6.29. The van der Waals surface area contributed by atoms with Gasteiger partial charge in [0, 0.05) is 5.41 Å². The van der Waals surface area contributed by atoms with Crippen LogP contribution in [0.2, 0.25) is 5.15 Å². The third kappa shape index (κ3) is 1.40. The molecule has 4 nitrogen and oxygen atoms in total. The first-order valence-corrected chi connectivity index (χ1v) is 7.96. The second-order valence-corrected chi connectivity index (χ2v) is 7.53. The Kier molecular flexibility index (Phi) is 2.14. The normalized spacial score (nSPS) is 38.8. The minimum atomic E-state index is 0.221. The Hall–Kier alpha value is -1.16. The van der Waals surface area contributed by atoms with Gasteiger partial charge in [0.1, 0.15) is 11.0 Å². The summed E-state index contributed by atoms with van der Waals surface area (Å²) in [5.74, 6) is 3.79. The number of aromatic nitrogens is 4. The Morgan fingerprint density at radius 2 is 1.65 bits per heavy atom. The van der Waals surface area contributed by atoms with E-state index >= 15 is 0 Å². The molecular formula is C15H17ClN4. The monoisotopic (exact) mass is 288 g/mol. The second-order valence-electron chi connectivity index (χ2n) is 7.15. The molecule has 0 spiro atoms. The maximum Gasteiger partial charge on any atom is 0.180 e. The van der Waals surface area contributed by atoms with E-state index in [0.29, 0.717) is 5.15 Å². The lowest BCUT2D eigenvalue weighted by atomic mass is 9.49. The second kappa shape index (κ2) is 3.73. The molecule has 0 radical (unpaired) electrons. The highest BCUT2D eigenvalue weighted by Gasteiger charge is 2.53. The average Bonchev–Trinajstić information content (AvgIpc) is 2.83. The van der Waals surface area contributed by atoms with Crippen molar-refractivity contribution in [2.75, 3.05) is 0 Å². The van der Waals surface area contributed by atoms with E-state index < -0.39 is 0 Å². The van der Waals surface area contributed by atoms with Gasteiger partial charge in [0.05, 0.1) is 12.4 Å². The van der Waals surface area contributed by atoms with Crippen LogP contribution in [0, 0.1) is 17.8 Å². The van der Waals surface area contributed by atoms with Crippen LogP contribution in [0.3, 0.4) is 0 Å². The predicted octanol–water partition coefficient (Wildman–Crippen LogP) is 3.25. The molecule has 4 saturated carbocycles. The van der Waals surface area contributed by atoms with Crippen LogP contribution in [0.5, 0.6) is 0 Å². The van der Waals surface area contributed by atoms with E-state index in [-0.39, 0.29) is 5.41 Å². The molecule has 0 N–H and O–H groups in total. The zero-order valence-corrected chi connectivity index (χ0v) is 12.1. The summed E-state index contributed by atoms with van der Waals surface area (Å²) in [6.07, 6.45) is 11.6. The smallest absolute Gasteiger partial charge is 0.180 e. The number of rotatable bonds is 1. The Bertz CT molecular complexity index is 657. The summed E-state index contributed by atoms with van der Waals surface area (Å²) in [7, 11) is 0. The Balaban J connectivity index is 1.71. The number of hydrogen-bond acceptors (Lipinski definition) is 3. The van der Waals surface area contributed by atoms with Crippen molar-refractivity contribution >= 4 is 17.2 Å². The molecule has 4 aliphatic rings. The number of hydrogen-bond donors (Lipinski definition) is 0.